The molecule has 0 saturated carbocycles. The van der Waals surface area contributed by atoms with Gasteiger partial charge in [-0.3, -0.25) is 4.90 Å². The van der Waals surface area contributed by atoms with Gasteiger partial charge in [0.25, 0.3) is 0 Å². The number of methoxy groups -OCH3 is 1. The molecule has 0 heterocycles. The molecule has 0 amide bonds. The standard InChI is InChI=1S/C14H24N2O/c1-5-13(10-15-2)16(3)11-12-7-6-8-14(9-12)17-4/h6-9,13,15H,5,10-11H2,1-4H3. The number of benzene rings is 1. The Morgan fingerprint density at radius 2 is 2.18 bits per heavy atom. The van der Waals surface area contributed by atoms with E-state index < -0.39 is 0 Å². The average molecular weight is 236 g/mol. The van der Waals surface area contributed by atoms with Crippen LogP contribution in [0.3, 0.4) is 0 Å². The van der Waals surface area contributed by atoms with Crippen molar-refractivity contribution in [3.8, 4) is 5.75 Å². The van der Waals surface area contributed by atoms with Gasteiger partial charge in [0.1, 0.15) is 5.75 Å². The Morgan fingerprint density at radius 3 is 2.76 bits per heavy atom. The summed E-state index contributed by atoms with van der Waals surface area (Å²) in [5.41, 5.74) is 1.29. The van der Waals surface area contributed by atoms with E-state index >= 15 is 0 Å². The molecule has 0 aliphatic heterocycles. The van der Waals surface area contributed by atoms with Crippen molar-refractivity contribution >= 4 is 0 Å². The van der Waals surface area contributed by atoms with Crippen LogP contribution in [0.25, 0.3) is 0 Å². The largest absolute Gasteiger partial charge is 0.497 e. The molecule has 0 aromatic heterocycles. The summed E-state index contributed by atoms with van der Waals surface area (Å²) in [6.07, 6.45) is 1.15. The zero-order valence-corrected chi connectivity index (χ0v) is 11.4. The number of hydrogen-bond acceptors (Lipinski definition) is 3. The highest BCUT2D eigenvalue weighted by molar-refractivity contribution is 5.28. The van der Waals surface area contributed by atoms with Crippen LogP contribution in [0.2, 0.25) is 0 Å². The van der Waals surface area contributed by atoms with Crippen molar-refractivity contribution in [3.63, 3.8) is 0 Å². The Balaban J connectivity index is 2.62. The first-order valence-corrected chi connectivity index (χ1v) is 6.19. The van der Waals surface area contributed by atoms with Gasteiger partial charge in [-0.15, -0.1) is 0 Å². The molecule has 0 fully saturated rings. The van der Waals surface area contributed by atoms with E-state index in [9.17, 15) is 0 Å². The molecule has 1 N–H and O–H groups in total. The highest BCUT2D eigenvalue weighted by atomic mass is 16.5. The van der Waals surface area contributed by atoms with E-state index in [1.54, 1.807) is 7.11 Å². The number of nitrogens with one attached hydrogen (secondary N) is 1. The second-order valence-corrected chi connectivity index (χ2v) is 4.39. The Bertz CT molecular complexity index is 328. The zero-order chi connectivity index (χ0) is 12.7. The number of ether oxygens (including phenoxy) is 1. The van der Waals surface area contributed by atoms with E-state index in [-0.39, 0.29) is 0 Å². The van der Waals surface area contributed by atoms with Gasteiger partial charge in [-0.25, -0.2) is 0 Å². The SMILES string of the molecule is CCC(CNC)N(C)Cc1cccc(OC)c1. The summed E-state index contributed by atoms with van der Waals surface area (Å²) >= 11 is 0. The molecule has 96 valence electrons. The molecule has 1 unspecified atom stereocenters. The molecule has 17 heavy (non-hydrogen) atoms. The lowest BCUT2D eigenvalue weighted by Gasteiger charge is -2.27. The third-order valence-electron chi connectivity index (χ3n) is 3.10. The molecule has 3 nitrogen and oxygen atoms in total. The molecule has 0 spiro atoms. The molecule has 0 aliphatic carbocycles. The fraction of sp³-hybridized carbons (Fsp3) is 0.571. The number of likely N-dealkylation sites (N-methyl/N-ethyl adjacent to an activating group) is 2. The monoisotopic (exact) mass is 236 g/mol. The zero-order valence-electron chi connectivity index (χ0n) is 11.4. The predicted octanol–water partition coefficient (Wildman–Crippen LogP) is 2.12. The van der Waals surface area contributed by atoms with Crippen molar-refractivity contribution in [2.24, 2.45) is 0 Å². The minimum absolute atomic E-state index is 0.575. The second-order valence-electron chi connectivity index (χ2n) is 4.39. The molecule has 0 saturated heterocycles. The summed E-state index contributed by atoms with van der Waals surface area (Å²) in [4.78, 5) is 2.38. The molecule has 1 aromatic rings. The molecular formula is C14H24N2O. The van der Waals surface area contributed by atoms with Gasteiger partial charge in [-0.1, -0.05) is 19.1 Å². The van der Waals surface area contributed by atoms with Crippen molar-refractivity contribution in [3.05, 3.63) is 29.8 Å². The Labute approximate surface area is 105 Å². The van der Waals surface area contributed by atoms with Crippen molar-refractivity contribution in [1.29, 1.82) is 0 Å². The Morgan fingerprint density at radius 1 is 1.41 bits per heavy atom. The predicted molar refractivity (Wildman–Crippen MR) is 72.5 cm³/mol. The van der Waals surface area contributed by atoms with Crippen molar-refractivity contribution in [2.45, 2.75) is 25.9 Å². The fourth-order valence-corrected chi connectivity index (χ4v) is 2.04. The van der Waals surface area contributed by atoms with Crippen LogP contribution in [-0.2, 0) is 6.54 Å². The van der Waals surface area contributed by atoms with E-state index in [0.717, 1.165) is 25.3 Å². The lowest BCUT2D eigenvalue weighted by atomic mass is 10.1. The molecule has 1 atom stereocenters. The Kier molecular flexibility index (Phi) is 6.01. The van der Waals surface area contributed by atoms with Crippen molar-refractivity contribution < 1.29 is 4.74 Å². The van der Waals surface area contributed by atoms with Crippen LogP contribution in [0, 0.1) is 0 Å². The molecule has 1 rings (SSSR count). The van der Waals surface area contributed by atoms with Gasteiger partial charge >= 0.3 is 0 Å². The molecular weight excluding hydrogens is 212 g/mol. The van der Waals surface area contributed by atoms with Gasteiger partial charge in [0.05, 0.1) is 7.11 Å². The summed E-state index contributed by atoms with van der Waals surface area (Å²) < 4.78 is 5.24. The Hall–Kier alpha value is -1.06. The summed E-state index contributed by atoms with van der Waals surface area (Å²) in [6, 6.07) is 8.84. The third-order valence-corrected chi connectivity index (χ3v) is 3.10. The molecule has 0 radical (unpaired) electrons. The van der Waals surface area contributed by atoms with Crippen molar-refractivity contribution in [1.82, 2.24) is 10.2 Å². The number of rotatable bonds is 7. The summed E-state index contributed by atoms with van der Waals surface area (Å²) in [7, 11) is 5.88. The molecule has 3 heteroatoms. The minimum atomic E-state index is 0.575. The average Bonchev–Trinajstić information content (AvgIpc) is 2.36. The van der Waals surface area contributed by atoms with E-state index in [1.165, 1.54) is 5.56 Å². The van der Waals surface area contributed by atoms with Crippen LogP contribution in [0.5, 0.6) is 5.75 Å². The van der Waals surface area contributed by atoms with E-state index in [1.807, 2.05) is 19.2 Å². The maximum absolute atomic E-state index is 5.24. The third kappa shape index (κ3) is 4.36. The fourth-order valence-electron chi connectivity index (χ4n) is 2.04. The molecule has 0 aliphatic rings. The van der Waals surface area contributed by atoms with Crippen LogP contribution in [0.15, 0.2) is 24.3 Å². The summed E-state index contributed by atoms with van der Waals surface area (Å²) in [6.45, 7) is 4.21. The van der Waals surface area contributed by atoms with Crippen LogP contribution >= 0.6 is 0 Å². The first-order valence-electron chi connectivity index (χ1n) is 6.19. The van der Waals surface area contributed by atoms with E-state index in [2.05, 4.69) is 36.3 Å². The van der Waals surface area contributed by atoms with Gasteiger partial charge in [0.15, 0.2) is 0 Å². The highest BCUT2D eigenvalue weighted by Crippen LogP contribution is 2.15. The lowest BCUT2D eigenvalue weighted by Crippen LogP contribution is -2.38. The number of hydrogen-bond donors (Lipinski definition) is 1. The van der Waals surface area contributed by atoms with Crippen molar-refractivity contribution in [2.75, 3.05) is 27.7 Å². The van der Waals surface area contributed by atoms with Crippen LogP contribution in [-0.4, -0.2) is 38.7 Å². The number of nitrogens with zero attached hydrogens (tertiary/aromatic N) is 1. The minimum Gasteiger partial charge on any atom is -0.497 e. The quantitative estimate of drug-likeness (QED) is 0.785. The first-order chi connectivity index (χ1) is 8.21. The van der Waals surface area contributed by atoms with Gasteiger partial charge in [0.2, 0.25) is 0 Å². The van der Waals surface area contributed by atoms with Crippen LogP contribution in [0.4, 0.5) is 0 Å². The smallest absolute Gasteiger partial charge is 0.119 e. The van der Waals surface area contributed by atoms with Gasteiger partial charge in [0, 0.05) is 19.1 Å². The molecule has 0 bridgehead atoms. The molecule has 1 aromatic carbocycles. The topological polar surface area (TPSA) is 24.5 Å². The van der Waals surface area contributed by atoms with E-state index in [0.29, 0.717) is 6.04 Å². The summed E-state index contributed by atoms with van der Waals surface area (Å²) in [5.74, 6) is 0.928. The van der Waals surface area contributed by atoms with Crippen LogP contribution < -0.4 is 10.1 Å². The summed E-state index contributed by atoms with van der Waals surface area (Å²) in [5, 5.41) is 3.24. The maximum atomic E-state index is 5.24. The van der Waals surface area contributed by atoms with E-state index in [4.69, 9.17) is 4.74 Å². The maximum Gasteiger partial charge on any atom is 0.119 e. The van der Waals surface area contributed by atoms with Gasteiger partial charge < -0.3 is 10.1 Å². The second kappa shape index (κ2) is 7.30. The van der Waals surface area contributed by atoms with Gasteiger partial charge in [-0.2, -0.15) is 0 Å². The first kappa shape index (κ1) is 14.0. The normalized spacial score (nSPS) is 12.8. The van der Waals surface area contributed by atoms with Gasteiger partial charge in [-0.05, 0) is 38.2 Å². The van der Waals surface area contributed by atoms with Crippen LogP contribution in [0.1, 0.15) is 18.9 Å². The lowest BCUT2D eigenvalue weighted by molar-refractivity contribution is 0.224. The highest BCUT2D eigenvalue weighted by Gasteiger charge is 2.11.